The molecule has 15 heavy (non-hydrogen) atoms. The first kappa shape index (κ1) is 10.8. The summed E-state index contributed by atoms with van der Waals surface area (Å²) in [6.07, 6.45) is 5.35. The lowest BCUT2D eigenvalue weighted by Gasteiger charge is -2.25. The molecule has 0 atom stereocenters. The average Bonchev–Trinajstić information content (AvgIpc) is 2.17. The van der Waals surface area contributed by atoms with Crippen LogP contribution in [-0.2, 0) is 11.3 Å². The van der Waals surface area contributed by atoms with Crippen molar-refractivity contribution in [2.24, 2.45) is 0 Å². The van der Waals surface area contributed by atoms with Crippen molar-refractivity contribution in [3.63, 3.8) is 0 Å². The normalized spacial score (nSPS) is 18.1. The summed E-state index contributed by atoms with van der Waals surface area (Å²) in [4.78, 5) is 17.6. The van der Waals surface area contributed by atoms with Crippen molar-refractivity contribution in [1.82, 2.24) is 9.88 Å². The van der Waals surface area contributed by atoms with Gasteiger partial charge in [-0.15, -0.1) is 0 Å². The van der Waals surface area contributed by atoms with E-state index in [1.807, 2.05) is 12.3 Å². The van der Waals surface area contributed by atoms with E-state index in [-0.39, 0.29) is 0 Å². The van der Waals surface area contributed by atoms with Crippen molar-refractivity contribution in [1.29, 1.82) is 0 Å². The molecular formula is C11H13BrN2O. The third-order valence-electron chi connectivity index (χ3n) is 2.50. The molecule has 1 aliphatic rings. The Kier molecular flexibility index (Phi) is 3.49. The van der Waals surface area contributed by atoms with Gasteiger partial charge in [0.1, 0.15) is 5.78 Å². The van der Waals surface area contributed by atoms with Crippen molar-refractivity contribution in [3.8, 4) is 0 Å². The predicted octanol–water partition coefficient (Wildman–Crippen LogP) is 2.01. The van der Waals surface area contributed by atoms with Crippen molar-refractivity contribution in [2.45, 2.75) is 19.4 Å². The van der Waals surface area contributed by atoms with Crippen LogP contribution in [0.15, 0.2) is 22.9 Å². The average molecular weight is 269 g/mol. The maximum absolute atomic E-state index is 11.3. The molecule has 0 N–H and O–H groups in total. The molecule has 0 aromatic carbocycles. The van der Waals surface area contributed by atoms with E-state index < -0.39 is 0 Å². The van der Waals surface area contributed by atoms with Gasteiger partial charge in [-0.3, -0.25) is 14.7 Å². The third kappa shape index (κ3) is 3.11. The molecule has 0 bridgehead atoms. The smallest absolute Gasteiger partial charge is 0.146 e. The molecule has 3 nitrogen and oxygen atoms in total. The molecule has 2 rings (SSSR count). The molecule has 1 saturated heterocycles. The molecule has 80 valence electrons. The summed E-state index contributed by atoms with van der Waals surface area (Å²) in [5.41, 5.74) is 1.15. The van der Waals surface area contributed by atoms with Crippen LogP contribution in [0.1, 0.15) is 18.4 Å². The van der Waals surface area contributed by atoms with Gasteiger partial charge in [-0.05, 0) is 40.5 Å². The maximum atomic E-state index is 11.3. The second-order valence-electron chi connectivity index (χ2n) is 3.86. The zero-order chi connectivity index (χ0) is 10.7. The van der Waals surface area contributed by atoms with E-state index in [1.165, 1.54) is 0 Å². The molecule has 1 fully saturated rings. The summed E-state index contributed by atoms with van der Waals surface area (Å²) in [6.45, 7) is 2.42. The highest BCUT2D eigenvalue weighted by Crippen LogP contribution is 2.14. The fourth-order valence-electron chi connectivity index (χ4n) is 1.84. The van der Waals surface area contributed by atoms with Crippen molar-refractivity contribution < 1.29 is 4.79 Å². The van der Waals surface area contributed by atoms with Crippen LogP contribution in [-0.4, -0.2) is 28.8 Å². The summed E-state index contributed by atoms with van der Waals surface area (Å²) in [5.74, 6) is 0.351. The molecule has 1 aromatic heterocycles. The SMILES string of the molecule is O=C1CCCN(Cc2cncc(Br)c2)C1. The minimum absolute atomic E-state index is 0.351. The first-order valence-electron chi connectivity index (χ1n) is 5.07. The topological polar surface area (TPSA) is 33.2 Å². The van der Waals surface area contributed by atoms with Gasteiger partial charge in [0.05, 0.1) is 6.54 Å². The van der Waals surface area contributed by atoms with Crippen LogP contribution in [0.25, 0.3) is 0 Å². The lowest BCUT2D eigenvalue weighted by Crippen LogP contribution is -2.34. The molecule has 0 unspecified atom stereocenters. The Morgan fingerprint density at radius 2 is 2.33 bits per heavy atom. The van der Waals surface area contributed by atoms with Crippen LogP contribution in [0.2, 0.25) is 0 Å². The number of halogens is 1. The Morgan fingerprint density at radius 3 is 3.07 bits per heavy atom. The van der Waals surface area contributed by atoms with E-state index >= 15 is 0 Å². The van der Waals surface area contributed by atoms with Gasteiger partial charge in [0.15, 0.2) is 0 Å². The highest BCUT2D eigenvalue weighted by atomic mass is 79.9. The van der Waals surface area contributed by atoms with E-state index in [4.69, 9.17) is 0 Å². The predicted molar refractivity (Wildman–Crippen MR) is 61.5 cm³/mol. The summed E-state index contributed by atoms with van der Waals surface area (Å²) in [5, 5.41) is 0. The van der Waals surface area contributed by atoms with Crippen molar-refractivity contribution in [2.75, 3.05) is 13.1 Å². The number of pyridine rings is 1. The van der Waals surface area contributed by atoms with Gasteiger partial charge in [-0.2, -0.15) is 0 Å². The minimum atomic E-state index is 0.351. The first-order valence-corrected chi connectivity index (χ1v) is 5.87. The van der Waals surface area contributed by atoms with E-state index in [2.05, 4.69) is 25.8 Å². The zero-order valence-corrected chi connectivity index (χ0v) is 10.0. The molecule has 0 spiro atoms. The largest absolute Gasteiger partial charge is 0.298 e. The molecule has 0 radical (unpaired) electrons. The number of carbonyl (C=O) groups excluding carboxylic acids is 1. The lowest BCUT2D eigenvalue weighted by atomic mass is 10.1. The summed E-state index contributed by atoms with van der Waals surface area (Å²) >= 11 is 3.39. The molecule has 0 aliphatic carbocycles. The maximum Gasteiger partial charge on any atom is 0.146 e. The molecular weight excluding hydrogens is 256 g/mol. The Labute approximate surface area is 97.6 Å². The van der Waals surface area contributed by atoms with Crippen molar-refractivity contribution in [3.05, 3.63) is 28.5 Å². The van der Waals surface area contributed by atoms with Crippen molar-refractivity contribution >= 4 is 21.7 Å². The van der Waals surface area contributed by atoms with E-state index in [0.717, 1.165) is 36.0 Å². The second kappa shape index (κ2) is 4.86. The van der Waals surface area contributed by atoms with E-state index in [9.17, 15) is 4.79 Å². The van der Waals surface area contributed by atoms with Gasteiger partial charge >= 0.3 is 0 Å². The minimum Gasteiger partial charge on any atom is -0.298 e. The van der Waals surface area contributed by atoms with Gasteiger partial charge in [0, 0.05) is 29.8 Å². The highest BCUT2D eigenvalue weighted by Gasteiger charge is 2.16. The van der Waals surface area contributed by atoms with E-state index in [1.54, 1.807) is 6.20 Å². The van der Waals surface area contributed by atoms with Crippen LogP contribution in [0.4, 0.5) is 0 Å². The number of hydrogen-bond donors (Lipinski definition) is 0. The fraction of sp³-hybridized carbons (Fsp3) is 0.455. The molecule has 0 amide bonds. The van der Waals surface area contributed by atoms with Gasteiger partial charge in [-0.25, -0.2) is 0 Å². The number of ketones is 1. The molecule has 2 heterocycles. The molecule has 4 heteroatoms. The second-order valence-corrected chi connectivity index (χ2v) is 4.78. The summed E-state index contributed by atoms with van der Waals surface area (Å²) in [6, 6.07) is 2.05. The summed E-state index contributed by atoms with van der Waals surface area (Å²) in [7, 11) is 0. The molecule has 0 saturated carbocycles. The number of nitrogens with zero attached hydrogens (tertiary/aromatic N) is 2. The van der Waals surface area contributed by atoms with Crippen LogP contribution in [0, 0.1) is 0 Å². The Hall–Kier alpha value is -0.740. The highest BCUT2D eigenvalue weighted by molar-refractivity contribution is 9.10. The lowest BCUT2D eigenvalue weighted by molar-refractivity contribution is -0.122. The Balaban J connectivity index is 1.99. The van der Waals surface area contributed by atoms with Crippen LogP contribution in [0.5, 0.6) is 0 Å². The number of Topliss-reactive ketones (excluding diaryl/α,β-unsaturated/α-hetero) is 1. The molecule has 1 aliphatic heterocycles. The quantitative estimate of drug-likeness (QED) is 0.823. The van der Waals surface area contributed by atoms with E-state index in [0.29, 0.717) is 12.3 Å². The van der Waals surface area contributed by atoms with Gasteiger partial charge < -0.3 is 0 Å². The zero-order valence-electron chi connectivity index (χ0n) is 8.45. The molecule has 1 aromatic rings. The number of carbonyl (C=O) groups is 1. The third-order valence-corrected chi connectivity index (χ3v) is 2.93. The van der Waals surface area contributed by atoms with Crippen LogP contribution in [0.3, 0.4) is 0 Å². The number of piperidine rings is 1. The fourth-order valence-corrected chi connectivity index (χ4v) is 2.26. The van der Waals surface area contributed by atoms with Gasteiger partial charge in [0.2, 0.25) is 0 Å². The van der Waals surface area contributed by atoms with Crippen LogP contribution >= 0.6 is 15.9 Å². The monoisotopic (exact) mass is 268 g/mol. The van der Waals surface area contributed by atoms with Gasteiger partial charge in [0.25, 0.3) is 0 Å². The number of hydrogen-bond acceptors (Lipinski definition) is 3. The number of likely N-dealkylation sites (tertiary alicyclic amines) is 1. The Morgan fingerprint density at radius 1 is 1.47 bits per heavy atom. The van der Waals surface area contributed by atoms with Crippen LogP contribution < -0.4 is 0 Å². The first-order chi connectivity index (χ1) is 7.24. The number of rotatable bonds is 2. The number of aromatic nitrogens is 1. The Bertz CT molecular complexity index is 367. The van der Waals surface area contributed by atoms with Gasteiger partial charge in [-0.1, -0.05) is 0 Å². The summed E-state index contributed by atoms with van der Waals surface area (Å²) < 4.78 is 0.989. The standard InChI is InChI=1S/C11H13BrN2O/c12-10-4-9(5-13-6-10)7-14-3-1-2-11(15)8-14/h4-6H,1-3,7-8H2.